The first-order valence-electron chi connectivity index (χ1n) is 1.50. The van der Waals surface area contributed by atoms with E-state index < -0.39 is 33.2 Å². The van der Waals surface area contributed by atoms with Crippen molar-refractivity contribution >= 4 is 20.2 Å². The van der Waals surface area contributed by atoms with Crippen LogP contribution < -0.4 is 51.4 Å². The van der Waals surface area contributed by atoms with E-state index >= 15 is 0 Å². The molecule has 0 heterocycles. The molecule has 2 atom stereocenters. The molecule has 0 radical (unpaired) electrons. The molecular weight excluding hydrogens is 286 g/mol. The molecule has 2 unspecified atom stereocenters. The zero-order valence-electron chi connectivity index (χ0n) is 6.58. The van der Waals surface area contributed by atoms with Crippen molar-refractivity contribution in [3.05, 3.63) is 0 Å². The summed E-state index contributed by atoms with van der Waals surface area (Å²) in [6, 6.07) is 0. The molecule has 0 aromatic carbocycles. The van der Waals surface area contributed by atoms with E-state index in [2.05, 4.69) is 0 Å². The predicted octanol–water partition coefficient (Wildman–Crippen LogP) is -4.45. The fourth-order valence-electron chi connectivity index (χ4n) is 0. The summed E-state index contributed by atoms with van der Waals surface area (Å²) in [7, 11) is -5.18. The van der Waals surface area contributed by atoms with Gasteiger partial charge in [-0.15, -0.1) is 0 Å². The molecule has 0 aromatic heterocycles. The van der Waals surface area contributed by atoms with Crippen molar-refractivity contribution in [2.24, 2.45) is 0 Å². The van der Waals surface area contributed by atoms with Crippen LogP contribution in [0.25, 0.3) is 0 Å². The summed E-state index contributed by atoms with van der Waals surface area (Å²) in [4.78, 5) is 0. The second kappa shape index (κ2) is 9.30. The van der Waals surface area contributed by atoms with E-state index in [1.54, 1.807) is 0 Å². The van der Waals surface area contributed by atoms with Gasteiger partial charge in [-0.1, -0.05) is 0 Å². The van der Waals surface area contributed by atoms with Crippen molar-refractivity contribution in [2.75, 3.05) is 0 Å². The topological polar surface area (TPSA) is 146 Å². The molecule has 0 aliphatic heterocycles. The quantitative estimate of drug-likeness (QED) is 0.249. The molecule has 8 nitrogen and oxygen atoms in total. The molecule has 0 saturated heterocycles. The van der Waals surface area contributed by atoms with Gasteiger partial charge < -0.3 is 1.43 Å². The third kappa shape index (κ3) is 41.1. The molecule has 3 N–H and O–H groups in total. The van der Waals surface area contributed by atoms with Crippen LogP contribution in [0, 0.1) is 0 Å². The van der Waals surface area contributed by atoms with Crippen LogP contribution in [-0.4, -0.2) is 21.7 Å². The molecule has 0 bridgehead atoms. The maximum absolute atomic E-state index is 9.26. The van der Waals surface area contributed by atoms with Gasteiger partial charge in [0.15, 0.2) is 0 Å². The second-order valence-corrected chi connectivity index (χ2v) is 4.65. The van der Waals surface area contributed by atoms with Crippen LogP contribution in [0.2, 0.25) is 0 Å². The van der Waals surface area contributed by atoms with Crippen LogP contribution >= 0.6 is 0 Å². The van der Waals surface area contributed by atoms with Crippen molar-refractivity contribution < 1.29 is 99.0 Å². The van der Waals surface area contributed by atoms with Gasteiger partial charge in [0, 0.05) is 0 Å². The Hall–Kier alpha value is 1.74. The third-order valence-corrected chi connectivity index (χ3v) is 1.10. The van der Waals surface area contributed by atoms with Crippen molar-refractivity contribution in [3.63, 3.8) is 0 Å². The Morgan fingerprint density at radius 3 is 1.08 bits per heavy atom. The SMILES string of the molecule is O=S(O)S(=O)O.[H-].[K+].[O]=[Mn](=[O])(=[O])[OH]. The van der Waals surface area contributed by atoms with Crippen molar-refractivity contribution in [3.8, 4) is 0 Å². The molecule has 12 heavy (non-hydrogen) atoms. The van der Waals surface area contributed by atoms with E-state index in [-0.39, 0.29) is 52.8 Å². The summed E-state index contributed by atoms with van der Waals surface area (Å²) in [5.41, 5.74) is 0. The van der Waals surface area contributed by atoms with E-state index in [4.69, 9.17) is 24.8 Å². The molecule has 0 spiro atoms. The van der Waals surface area contributed by atoms with E-state index in [1.807, 2.05) is 0 Å². The number of hydrogen-bond acceptors (Lipinski definition) is 5. The zero-order chi connectivity index (χ0) is 9.65. The first-order valence-corrected chi connectivity index (χ1v) is 6.20. The Kier molecular flexibility index (Phi) is 15.0. The fourth-order valence-corrected chi connectivity index (χ4v) is 0. The summed E-state index contributed by atoms with van der Waals surface area (Å²) in [5, 5.41) is 0. The minimum atomic E-state index is -5.38. The molecular formula is H4KMnO8S2. The van der Waals surface area contributed by atoms with Crippen LogP contribution in [-0.2, 0) is 44.7 Å². The molecule has 0 aliphatic rings. The van der Waals surface area contributed by atoms with Crippen molar-refractivity contribution in [2.45, 2.75) is 0 Å². The monoisotopic (exact) mass is 290 g/mol. The van der Waals surface area contributed by atoms with Gasteiger partial charge in [0.1, 0.15) is 0 Å². The molecule has 12 heteroatoms. The van der Waals surface area contributed by atoms with Crippen molar-refractivity contribution in [1.29, 1.82) is 0 Å². The average molecular weight is 290 g/mol. The van der Waals surface area contributed by atoms with Gasteiger partial charge >= 0.3 is 80.0 Å². The van der Waals surface area contributed by atoms with Crippen LogP contribution in [0.1, 0.15) is 1.43 Å². The minimum absolute atomic E-state index is 0. The molecule has 0 amide bonds. The Bertz CT molecular complexity index is 272. The van der Waals surface area contributed by atoms with Gasteiger partial charge in [-0.05, 0) is 0 Å². The van der Waals surface area contributed by atoms with Gasteiger partial charge in [-0.3, -0.25) is 9.11 Å². The van der Waals surface area contributed by atoms with Gasteiger partial charge in [-0.25, -0.2) is 8.42 Å². The molecule has 0 rings (SSSR count). The van der Waals surface area contributed by atoms with Gasteiger partial charge in [0.05, 0.1) is 0 Å². The predicted molar refractivity (Wildman–Crippen MR) is 26.9 cm³/mol. The van der Waals surface area contributed by atoms with E-state index in [1.165, 1.54) is 0 Å². The first-order chi connectivity index (χ1) is 4.64. The summed E-state index contributed by atoms with van der Waals surface area (Å²) in [6.07, 6.45) is 0. The molecule has 72 valence electrons. The zero-order valence-corrected chi connectivity index (χ0v) is 11.5. The van der Waals surface area contributed by atoms with Gasteiger partial charge in [0.2, 0.25) is 0 Å². The van der Waals surface area contributed by atoms with Crippen LogP contribution in [0.4, 0.5) is 0 Å². The summed E-state index contributed by atoms with van der Waals surface area (Å²) in [5.74, 6) is 0. The van der Waals surface area contributed by atoms with Gasteiger partial charge in [-0.2, -0.15) is 0 Å². The van der Waals surface area contributed by atoms with Crippen LogP contribution in [0.15, 0.2) is 0 Å². The summed E-state index contributed by atoms with van der Waals surface area (Å²) < 4.78 is 66.7. The molecule has 0 fully saturated rings. The van der Waals surface area contributed by atoms with Gasteiger partial charge in [0.25, 0.3) is 20.2 Å². The molecule has 0 aliphatic carbocycles. The number of hydrogen-bond donors (Lipinski definition) is 3. The Morgan fingerprint density at radius 1 is 1.00 bits per heavy atom. The number of rotatable bonds is 1. The summed E-state index contributed by atoms with van der Waals surface area (Å²) >= 11 is -5.38. The molecule has 0 aromatic rings. The summed E-state index contributed by atoms with van der Waals surface area (Å²) in [6.45, 7) is 0. The fraction of sp³-hybridized carbons (Fsp3) is 0. The molecule has 0 saturated carbocycles. The van der Waals surface area contributed by atoms with Crippen LogP contribution in [0.5, 0.6) is 0 Å². The Balaban J connectivity index is -0.0000000546. The van der Waals surface area contributed by atoms with Crippen molar-refractivity contribution in [1.82, 2.24) is 0 Å². The van der Waals surface area contributed by atoms with Crippen LogP contribution in [0.3, 0.4) is 0 Å². The third-order valence-electron chi connectivity index (χ3n) is 0.122. The normalized spacial score (nSPS) is 14.6. The standard InChI is InChI=1S/K.Mn.H2O4S2.H2O.3O.H/c;;1-5(2)6(3)4;;;;;/h;;(H,1,2)(H,3,4);1H2;;;;/q2*+1;;;;;;-1/p-1. The second-order valence-electron chi connectivity index (χ2n) is 0.830. The van der Waals surface area contributed by atoms with E-state index in [0.717, 1.165) is 0 Å². The first kappa shape index (κ1) is 19.3. The van der Waals surface area contributed by atoms with E-state index in [0.29, 0.717) is 0 Å². The van der Waals surface area contributed by atoms with E-state index in [9.17, 15) is 8.42 Å². The maximum atomic E-state index is 9.26. The Morgan fingerprint density at radius 2 is 1.08 bits per heavy atom. The Labute approximate surface area is 117 Å². The average Bonchev–Trinajstić information content (AvgIpc) is 1.59.